The number of benzene rings is 2. The second-order valence-corrected chi connectivity index (χ2v) is 4.83. The van der Waals surface area contributed by atoms with Gasteiger partial charge in [0.25, 0.3) is 5.91 Å². The zero-order valence-corrected chi connectivity index (χ0v) is 11.3. The summed E-state index contributed by atoms with van der Waals surface area (Å²) in [5, 5.41) is 18.9. The van der Waals surface area contributed by atoms with Gasteiger partial charge in [-0.25, -0.2) is 0 Å². The van der Waals surface area contributed by atoms with Crippen LogP contribution < -0.4 is 9.64 Å². The van der Waals surface area contributed by atoms with Gasteiger partial charge in [-0.2, -0.15) is 0 Å². The van der Waals surface area contributed by atoms with Crippen molar-refractivity contribution in [3.8, 4) is 17.2 Å². The fourth-order valence-electron chi connectivity index (χ4n) is 2.35. The monoisotopic (exact) mass is 285 g/mol. The van der Waals surface area contributed by atoms with Crippen LogP contribution in [0.5, 0.6) is 17.2 Å². The number of amides is 1. The van der Waals surface area contributed by atoms with Crippen LogP contribution in [-0.4, -0.2) is 29.3 Å². The standard InChI is InChI=1S/C16H15NO4/c18-13-7-6-11(10-14(13)19)16(20)17-8-3-9-21-15-5-2-1-4-12(15)17/h1-2,4-7,10,18-19H,3,8-9H2. The van der Waals surface area contributed by atoms with Gasteiger partial charge < -0.3 is 19.8 Å². The van der Waals surface area contributed by atoms with Gasteiger partial charge in [0.1, 0.15) is 5.75 Å². The van der Waals surface area contributed by atoms with E-state index >= 15 is 0 Å². The molecule has 5 nitrogen and oxygen atoms in total. The van der Waals surface area contributed by atoms with E-state index in [1.807, 2.05) is 24.3 Å². The van der Waals surface area contributed by atoms with Gasteiger partial charge in [-0.1, -0.05) is 12.1 Å². The molecule has 0 saturated carbocycles. The van der Waals surface area contributed by atoms with Gasteiger partial charge in [-0.3, -0.25) is 4.79 Å². The van der Waals surface area contributed by atoms with Gasteiger partial charge in [-0.05, 0) is 36.8 Å². The Morgan fingerprint density at radius 3 is 2.71 bits per heavy atom. The van der Waals surface area contributed by atoms with E-state index in [2.05, 4.69) is 0 Å². The van der Waals surface area contributed by atoms with E-state index < -0.39 is 0 Å². The van der Waals surface area contributed by atoms with Crippen molar-refractivity contribution in [2.45, 2.75) is 6.42 Å². The van der Waals surface area contributed by atoms with E-state index in [-0.39, 0.29) is 17.4 Å². The Bertz CT molecular complexity index is 684. The number of fused-ring (bicyclic) bond motifs is 1. The summed E-state index contributed by atoms with van der Waals surface area (Å²) in [6.45, 7) is 1.10. The first-order valence-corrected chi connectivity index (χ1v) is 6.72. The van der Waals surface area contributed by atoms with Crippen molar-refractivity contribution >= 4 is 11.6 Å². The highest BCUT2D eigenvalue weighted by atomic mass is 16.5. The molecule has 0 saturated heterocycles. The third-order valence-corrected chi connectivity index (χ3v) is 3.41. The van der Waals surface area contributed by atoms with Crippen LogP contribution in [0.15, 0.2) is 42.5 Å². The number of para-hydroxylation sites is 2. The second kappa shape index (κ2) is 5.36. The lowest BCUT2D eigenvalue weighted by Gasteiger charge is -2.21. The van der Waals surface area contributed by atoms with Crippen LogP contribution in [0.4, 0.5) is 5.69 Å². The zero-order chi connectivity index (χ0) is 14.8. The van der Waals surface area contributed by atoms with Crippen molar-refractivity contribution in [3.63, 3.8) is 0 Å². The number of rotatable bonds is 1. The molecule has 0 unspecified atom stereocenters. The molecule has 0 bridgehead atoms. The molecule has 0 radical (unpaired) electrons. The van der Waals surface area contributed by atoms with Gasteiger partial charge in [0.05, 0.1) is 12.3 Å². The Kier molecular flexibility index (Phi) is 3.39. The summed E-state index contributed by atoms with van der Waals surface area (Å²) in [6.07, 6.45) is 0.727. The maximum atomic E-state index is 12.7. The number of anilines is 1. The van der Waals surface area contributed by atoms with E-state index in [1.165, 1.54) is 18.2 Å². The Labute approximate surface area is 122 Å². The SMILES string of the molecule is O=C(c1ccc(O)c(O)c1)N1CCCOc2ccccc21. The van der Waals surface area contributed by atoms with Crippen molar-refractivity contribution in [2.24, 2.45) is 0 Å². The maximum Gasteiger partial charge on any atom is 0.258 e. The highest BCUT2D eigenvalue weighted by Crippen LogP contribution is 2.32. The first kappa shape index (κ1) is 13.3. The molecule has 1 aliphatic heterocycles. The summed E-state index contributed by atoms with van der Waals surface area (Å²) in [6, 6.07) is 11.4. The van der Waals surface area contributed by atoms with E-state index in [4.69, 9.17) is 4.74 Å². The molecule has 0 aromatic heterocycles. The number of hydrogen-bond donors (Lipinski definition) is 2. The van der Waals surface area contributed by atoms with Gasteiger partial charge in [0.2, 0.25) is 0 Å². The molecule has 1 aliphatic rings. The van der Waals surface area contributed by atoms with Crippen LogP contribution in [0.3, 0.4) is 0 Å². The van der Waals surface area contributed by atoms with Crippen LogP contribution in [0, 0.1) is 0 Å². The molecule has 108 valence electrons. The summed E-state index contributed by atoms with van der Waals surface area (Å²) in [5.41, 5.74) is 1.04. The van der Waals surface area contributed by atoms with Crippen molar-refractivity contribution < 1.29 is 19.7 Å². The first-order chi connectivity index (χ1) is 10.2. The quantitative estimate of drug-likeness (QED) is 0.790. The molecule has 2 N–H and O–H groups in total. The lowest BCUT2D eigenvalue weighted by Crippen LogP contribution is -2.31. The van der Waals surface area contributed by atoms with E-state index in [1.54, 1.807) is 4.90 Å². The minimum Gasteiger partial charge on any atom is -0.504 e. The lowest BCUT2D eigenvalue weighted by molar-refractivity contribution is 0.0987. The van der Waals surface area contributed by atoms with Crippen molar-refractivity contribution in [2.75, 3.05) is 18.1 Å². The van der Waals surface area contributed by atoms with Gasteiger partial charge in [-0.15, -0.1) is 0 Å². The van der Waals surface area contributed by atoms with Crippen LogP contribution in [0.25, 0.3) is 0 Å². The summed E-state index contributed by atoms with van der Waals surface area (Å²) in [4.78, 5) is 14.3. The van der Waals surface area contributed by atoms with Crippen LogP contribution >= 0.6 is 0 Å². The molecule has 0 aliphatic carbocycles. The van der Waals surface area contributed by atoms with E-state index in [0.29, 0.717) is 30.2 Å². The molecule has 1 amide bonds. The normalized spacial score (nSPS) is 14.0. The van der Waals surface area contributed by atoms with Crippen molar-refractivity contribution in [1.29, 1.82) is 0 Å². The molecule has 5 heteroatoms. The molecule has 0 spiro atoms. The lowest BCUT2D eigenvalue weighted by atomic mass is 10.1. The Morgan fingerprint density at radius 2 is 1.90 bits per heavy atom. The number of phenolic OH excluding ortho intramolecular Hbond substituents is 2. The fraction of sp³-hybridized carbons (Fsp3) is 0.188. The molecule has 2 aromatic rings. The third-order valence-electron chi connectivity index (χ3n) is 3.41. The number of carbonyl (C=O) groups excluding carboxylic acids is 1. The van der Waals surface area contributed by atoms with Crippen LogP contribution in [0.1, 0.15) is 16.8 Å². The molecule has 21 heavy (non-hydrogen) atoms. The summed E-state index contributed by atoms with van der Waals surface area (Å²) >= 11 is 0. The van der Waals surface area contributed by atoms with Crippen molar-refractivity contribution in [3.05, 3.63) is 48.0 Å². The number of aromatic hydroxyl groups is 2. The highest BCUT2D eigenvalue weighted by Gasteiger charge is 2.23. The third kappa shape index (κ3) is 2.50. The average molecular weight is 285 g/mol. The predicted molar refractivity (Wildman–Crippen MR) is 78.0 cm³/mol. The number of phenols is 2. The minimum absolute atomic E-state index is 0.233. The summed E-state index contributed by atoms with van der Waals surface area (Å²) in [5.74, 6) is -0.110. The number of ether oxygens (including phenoxy) is 1. The van der Waals surface area contributed by atoms with E-state index in [9.17, 15) is 15.0 Å². The number of nitrogens with zero attached hydrogens (tertiary/aromatic N) is 1. The smallest absolute Gasteiger partial charge is 0.258 e. The Balaban J connectivity index is 1.99. The first-order valence-electron chi connectivity index (χ1n) is 6.72. The van der Waals surface area contributed by atoms with E-state index in [0.717, 1.165) is 6.42 Å². The molecule has 0 atom stereocenters. The van der Waals surface area contributed by atoms with Crippen LogP contribution in [0.2, 0.25) is 0 Å². The minimum atomic E-state index is -0.305. The van der Waals surface area contributed by atoms with Gasteiger partial charge in [0, 0.05) is 12.1 Å². The Morgan fingerprint density at radius 1 is 1.10 bits per heavy atom. The maximum absolute atomic E-state index is 12.7. The molecule has 0 fully saturated rings. The average Bonchev–Trinajstić information content (AvgIpc) is 2.71. The fourth-order valence-corrected chi connectivity index (χ4v) is 2.35. The summed E-state index contributed by atoms with van der Waals surface area (Å²) in [7, 11) is 0. The largest absolute Gasteiger partial charge is 0.504 e. The highest BCUT2D eigenvalue weighted by molar-refractivity contribution is 6.07. The molecular weight excluding hydrogens is 270 g/mol. The van der Waals surface area contributed by atoms with Crippen molar-refractivity contribution in [1.82, 2.24) is 0 Å². The Hall–Kier alpha value is -2.69. The second-order valence-electron chi connectivity index (χ2n) is 4.83. The van der Waals surface area contributed by atoms with Gasteiger partial charge >= 0.3 is 0 Å². The number of hydrogen-bond acceptors (Lipinski definition) is 4. The molecule has 2 aromatic carbocycles. The molecule has 1 heterocycles. The van der Waals surface area contributed by atoms with Crippen LogP contribution in [-0.2, 0) is 0 Å². The number of carbonyl (C=O) groups is 1. The zero-order valence-electron chi connectivity index (χ0n) is 11.3. The predicted octanol–water partition coefficient (Wildman–Crippen LogP) is 2.53. The molecule has 3 rings (SSSR count). The topological polar surface area (TPSA) is 70.0 Å². The molecular formula is C16H15NO4. The summed E-state index contributed by atoms with van der Waals surface area (Å²) < 4.78 is 5.62. The van der Waals surface area contributed by atoms with Gasteiger partial charge in [0.15, 0.2) is 11.5 Å².